The number of carboxylic acid groups (broad SMARTS) is 1. The first-order chi connectivity index (χ1) is 9.02. The molecule has 3 nitrogen and oxygen atoms in total. The molecule has 0 saturated carbocycles. The van der Waals surface area contributed by atoms with Gasteiger partial charge in [0.15, 0.2) is 11.6 Å². The van der Waals surface area contributed by atoms with Gasteiger partial charge >= 0.3 is 5.97 Å². The van der Waals surface area contributed by atoms with Crippen molar-refractivity contribution >= 4 is 17.6 Å². The zero-order valence-corrected chi connectivity index (χ0v) is 10.4. The summed E-state index contributed by atoms with van der Waals surface area (Å²) in [6.07, 6.45) is 0. The van der Waals surface area contributed by atoms with Gasteiger partial charge in [-0.3, -0.25) is 4.79 Å². The lowest BCUT2D eigenvalue weighted by atomic mass is 9.91. The summed E-state index contributed by atoms with van der Waals surface area (Å²) in [5.74, 6) is -4.14. The fraction of sp³-hybridized carbons (Fsp3) is 0.0714. The summed E-state index contributed by atoms with van der Waals surface area (Å²) in [6, 6.07) is 10.5. The second-order valence-corrected chi connectivity index (χ2v) is 4.38. The van der Waals surface area contributed by atoms with Crippen LogP contribution in [0.5, 0.6) is 5.75 Å². The van der Waals surface area contributed by atoms with Crippen molar-refractivity contribution < 1.29 is 19.4 Å². The average molecular weight is 281 g/mol. The van der Waals surface area contributed by atoms with Crippen molar-refractivity contribution in [2.45, 2.75) is 5.92 Å². The molecule has 19 heavy (non-hydrogen) atoms. The zero-order valence-electron chi connectivity index (χ0n) is 9.68. The quantitative estimate of drug-likeness (QED) is 0.906. The summed E-state index contributed by atoms with van der Waals surface area (Å²) < 4.78 is 14.0. The molecule has 98 valence electrons. The Kier molecular flexibility index (Phi) is 3.71. The van der Waals surface area contributed by atoms with Crippen LogP contribution in [0, 0.1) is 5.82 Å². The molecule has 0 amide bonds. The number of phenolic OH excluding ortho intramolecular Hbond substituents is 1. The van der Waals surface area contributed by atoms with Crippen molar-refractivity contribution in [2.24, 2.45) is 0 Å². The predicted molar refractivity (Wildman–Crippen MR) is 69.0 cm³/mol. The molecule has 1 atom stereocenters. The lowest BCUT2D eigenvalue weighted by molar-refractivity contribution is -0.137. The third-order valence-electron chi connectivity index (χ3n) is 2.77. The molecule has 1 unspecified atom stereocenters. The van der Waals surface area contributed by atoms with E-state index in [-0.39, 0.29) is 10.6 Å². The van der Waals surface area contributed by atoms with Crippen LogP contribution in [0.4, 0.5) is 4.39 Å². The minimum atomic E-state index is -1.26. The largest absolute Gasteiger partial charge is 0.505 e. The molecule has 2 aromatic carbocycles. The molecular weight excluding hydrogens is 271 g/mol. The molecule has 0 saturated heterocycles. The third kappa shape index (κ3) is 2.53. The number of aliphatic carboxylic acids is 1. The zero-order chi connectivity index (χ0) is 14.0. The second kappa shape index (κ2) is 5.28. The highest BCUT2D eigenvalue weighted by Gasteiger charge is 2.28. The van der Waals surface area contributed by atoms with Gasteiger partial charge < -0.3 is 10.2 Å². The Morgan fingerprint density at radius 3 is 2.37 bits per heavy atom. The van der Waals surface area contributed by atoms with Gasteiger partial charge in [-0.2, -0.15) is 0 Å². The number of phenols is 1. The molecule has 0 radical (unpaired) electrons. The van der Waals surface area contributed by atoms with Crippen LogP contribution in [0.2, 0.25) is 5.02 Å². The van der Waals surface area contributed by atoms with Gasteiger partial charge in [0.2, 0.25) is 0 Å². The van der Waals surface area contributed by atoms with Crippen molar-refractivity contribution in [2.75, 3.05) is 0 Å². The van der Waals surface area contributed by atoms with Gasteiger partial charge in [0.25, 0.3) is 0 Å². The average Bonchev–Trinajstić information content (AvgIpc) is 2.39. The minimum Gasteiger partial charge on any atom is -0.505 e. The normalized spacial score (nSPS) is 12.1. The highest BCUT2D eigenvalue weighted by molar-refractivity contribution is 6.31. The predicted octanol–water partition coefficient (Wildman–Crippen LogP) is 3.40. The number of halogens is 2. The van der Waals surface area contributed by atoms with Gasteiger partial charge in [-0.15, -0.1) is 0 Å². The Balaban J connectivity index is 2.65. The van der Waals surface area contributed by atoms with E-state index in [9.17, 15) is 19.4 Å². The maximum absolute atomic E-state index is 14.0. The van der Waals surface area contributed by atoms with Crippen molar-refractivity contribution in [3.63, 3.8) is 0 Å². The monoisotopic (exact) mass is 280 g/mol. The molecule has 0 aliphatic heterocycles. The van der Waals surface area contributed by atoms with Gasteiger partial charge in [0, 0.05) is 10.6 Å². The van der Waals surface area contributed by atoms with Gasteiger partial charge in [-0.25, -0.2) is 4.39 Å². The van der Waals surface area contributed by atoms with Gasteiger partial charge in [-0.05, 0) is 17.7 Å². The van der Waals surface area contributed by atoms with E-state index in [1.165, 1.54) is 6.07 Å². The van der Waals surface area contributed by atoms with E-state index < -0.39 is 23.5 Å². The van der Waals surface area contributed by atoms with E-state index in [4.69, 9.17) is 11.6 Å². The number of rotatable bonds is 3. The highest BCUT2D eigenvalue weighted by atomic mass is 35.5. The van der Waals surface area contributed by atoms with Crippen LogP contribution in [-0.4, -0.2) is 16.2 Å². The minimum absolute atomic E-state index is 0.0356. The fourth-order valence-electron chi connectivity index (χ4n) is 1.90. The van der Waals surface area contributed by atoms with Crippen molar-refractivity contribution in [1.29, 1.82) is 0 Å². The second-order valence-electron chi connectivity index (χ2n) is 3.98. The molecule has 2 rings (SSSR count). The van der Waals surface area contributed by atoms with E-state index in [0.717, 1.165) is 6.07 Å². The summed E-state index contributed by atoms with van der Waals surface area (Å²) in [4.78, 5) is 11.4. The van der Waals surface area contributed by atoms with Crippen LogP contribution in [0.25, 0.3) is 0 Å². The van der Waals surface area contributed by atoms with Crippen LogP contribution < -0.4 is 0 Å². The van der Waals surface area contributed by atoms with Crippen LogP contribution in [0.1, 0.15) is 17.0 Å². The van der Waals surface area contributed by atoms with E-state index in [0.29, 0.717) is 5.56 Å². The third-order valence-corrected chi connectivity index (χ3v) is 3.10. The van der Waals surface area contributed by atoms with Gasteiger partial charge in [0.05, 0.1) is 0 Å². The van der Waals surface area contributed by atoms with Crippen LogP contribution in [-0.2, 0) is 4.79 Å². The van der Waals surface area contributed by atoms with Crippen molar-refractivity contribution in [1.82, 2.24) is 0 Å². The number of hydrogen-bond acceptors (Lipinski definition) is 2. The van der Waals surface area contributed by atoms with Crippen molar-refractivity contribution in [3.8, 4) is 5.75 Å². The lowest BCUT2D eigenvalue weighted by Gasteiger charge is -2.16. The first kappa shape index (κ1) is 13.4. The number of aromatic hydroxyl groups is 1. The van der Waals surface area contributed by atoms with Gasteiger partial charge in [-0.1, -0.05) is 41.9 Å². The molecule has 0 fully saturated rings. The Hall–Kier alpha value is -2.07. The molecular formula is C14H10ClFO3. The summed E-state index contributed by atoms with van der Waals surface area (Å²) in [5.41, 5.74) is 0.154. The Morgan fingerprint density at radius 2 is 1.79 bits per heavy atom. The summed E-state index contributed by atoms with van der Waals surface area (Å²) >= 11 is 5.88. The van der Waals surface area contributed by atoms with Crippen LogP contribution >= 0.6 is 11.6 Å². The summed E-state index contributed by atoms with van der Waals surface area (Å²) in [7, 11) is 0. The Labute approximate surface area is 113 Å². The number of carboxylic acids is 1. The molecule has 0 aromatic heterocycles. The highest BCUT2D eigenvalue weighted by Crippen LogP contribution is 2.36. The maximum atomic E-state index is 14.0. The molecule has 0 heterocycles. The standard InChI is InChI=1S/C14H10ClFO3/c15-9-6-7-10(17)13(16)12(9)11(14(18)19)8-4-2-1-3-5-8/h1-7,11,17H,(H,18,19). The Bertz CT molecular complexity index is 614. The van der Waals surface area contributed by atoms with Crippen molar-refractivity contribution in [3.05, 3.63) is 64.4 Å². The SMILES string of the molecule is O=C(O)C(c1ccccc1)c1c(Cl)ccc(O)c1F. The topological polar surface area (TPSA) is 57.5 Å². The lowest BCUT2D eigenvalue weighted by Crippen LogP contribution is -2.15. The van der Waals surface area contributed by atoms with E-state index in [2.05, 4.69) is 0 Å². The Morgan fingerprint density at radius 1 is 1.16 bits per heavy atom. The molecule has 0 bridgehead atoms. The first-order valence-electron chi connectivity index (χ1n) is 5.47. The molecule has 0 aliphatic rings. The first-order valence-corrected chi connectivity index (χ1v) is 5.84. The van der Waals surface area contributed by atoms with Crippen LogP contribution in [0.15, 0.2) is 42.5 Å². The van der Waals surface area contributed by atoms with E-state index in [1.807, 2.05) is 0 Å². The number of hydrogen-bond donors (Lipinski definition) is 2. The maximum Gasteiger partial charge on any atom is 0.315 e. The smallest absolute Gasteiger partial charge is 0.315 e. The molecule has 2 N–H and O–H groups in total. The number of carbonyl (C=O) groups is 1. The summed E-state index contributed by atoms with van der Waals surface area (Å²) in [5, 5.41) is 18.7. The summed E-state index contributed by atoms with van der Waals surface area (Å²) in [6.45, 7) is 0. The molecule has 0 spiro atoms. The van der Waals surface area contributed by atoms with E-state index >= 15 is 0 Å². The molecule has 5 heteroatoms. The number of benzene rings is 2. The molecule has 2 aromatic rings. The molecule has 0 aliphatic carbocycles. The van der Waals surface area contributed by atoms with Crippen LogP contribution in [0.3, 0.4) is 0 Å². The van der Waals surface area contributed by atoms with E-state index in [1.54, 1.807) is 30.3 Å². The fourth-order valence-corrected chi connectivity index (χ4v) is 2.16. The van der Waals surface area contributed by atoms with Gasteiger partial charge in [0.1, 0.15) is 5.92 Å².